The molecule has 2 heteroatoms. The number of aliphatic hydroxyl groups excluding tert-OH is 2. The third-order valence-corrected chi connectivity index (χ3v) is 5.05. The normalized spacial score (nSPS) is 46.5. The van der Waals surface area contributed by atoms with Gasteiger partial charge >= 0.3 is 0 Å². The summed E-state index contributed by atoms with van der Waals surface area (Å²) in [5.74, 6) is 0.878. The van der Waals surface area contributed by atoms with Crippen molar-refractivity contribution in [2.24, 2.45) is 17.3 Å². The Balaban J connectivity index is 2.25. The zero-order valence-electron chi connectivity index (χ0n) is 10.9. The Hall–Kier alpha value is -0.600. The highest BCUT2D eigenvalue weighted by Gasteiger charge is 2.51. The summed E-state index contributed by atoms with van der Waals surface area (Å²) in [5, 5.41) is 20.2. The molecule has 0 heterocycles. The van der Waals surface area contributed by atoms with Crippen molar-refractivity contribution < 1.29 is 10.2 Å². The monoisotopic (exact) mass is 236 g/mol. The van der Waals surface area contributed by atoms with E-state index < -0.39 is 12.2 Å². The summed E-state index contributed by atoms with van der Waals surface area (Å²) in [6, 6.07) is 0. The predicted octanol–water partition coefficient (Wildman–Crippen LogP) is 2.67. The van der Waals surface area contributed by atoms with Crippen molar-refractivity contribution >= 4 is 0 Å². The van der Waals surface area contributed by atoms with Gasteiger partial charge in [-0.1, -0.05) is 31.2 Å². The molecule has 0 aromatic rings. The van der Waals surface area contributed by atoms with Crippen molar-refractivity contribution in [3.63, 3.8) is 0 Å². The van der Waals surface area contributed by atoms with Crippen LogP contribution in [0.5, 0.6) is 0 Å². The molecule has 0 saturated heterocycles. The van der Waals surface area contributed by atoms with Gasteiger partial charge in [0, 0.05) is 5.41 Å². The van der Waals surface area contributed by atoms with E-state index in [2.05, 4.69) is 27.0 Å². The highest BCUT2D eigenvalue weighted by atomic mass is 16.3. The summed E-state index contributed by atoms with van der Waals surface area (Å²) in [5.41, 5.74) is 2.15. The van der Waals surface area contributed by atoms with Gasteiger partial charge in [-0.2, -0.15) is 0 Å². The molecule has 5 unspecified atom stereocenters. The van der Waals surface area contributed by atoms with Gasteiger partial charge in [-0.05, 0) is 44.4 Å². The van der Waals surface area contributed by atoms with E-state index in [0.29, 0.717) is 18.3 Å². The van der Waals surface area contributed by atoms with Gasteiger partial charge in [0.25, 0.3) is 0 Å². The van der Waals surface area contributed by atoms with Crippen molar-refractivity contribution in [3.8, 4) is 0 Å². The molecule has 0 spiro atoms. The second-order valence-electron chi connectivity index (χ2n) is 6.25. The van der Waals surface area contributed by atoms with Crippen molar-refractivity contribution in [3.05, 3.63) is 24.3 Å². The second kappa shape index (κ2) is 4.25. The van der Waals surface area contributed by atoms with Gasteiger partial charge in [0.15, 0.2) is 0 Å². The molecular formula is C15H24O2. The van der Waals surface area contributed by atoms with Crippen LogP contribution in [0.25, 0.3) is 0 Å². The Bertz CT molecular complexity index is 347. The van der Waals surface area contributed by atoms with E-state index in [9.17, 15) is 10.2 Å². The number of aliphatic hydroxyl groups is 2. The lowest BCUT2D eigenvalue weighted by molar-refractivity contribution is -0.115. The highest BCUT2D eigenvalue weighted by Crippen LogP contribution is 2.54. The van der Waals surface area contributed by atoms with Crippen molar-refractivity contribution in [2.75, 3.05) is 0 Å². The van der Waals surface area contributed by atoms with E-state index in [1.165, 1.54) is 5.57 Å². The molecule has 96 valence electrons. The van der Waals surface area contributed by atoms with Gasteiger partial charge in [-0.3, -0.25) is 0 Å². The molecule has 2 fully saturated rings. The first-order chi connectivity index (χ1) is 7.86. The molecule has 5 atom stereocenters. The van der Waals surface area contributed by atoms with Crippen LogP contribution in [0, 0.1) is 17.3 Å². The minimum absolute atomic E-state index is 0.194. The summed E-state index contributed by atoms with van der Waals surface area (Å²) >= 11 is 0. The number of hydrogen-bond acceptors (Lipinski definition) is 2. The average molecular weight is 236 g/mol. The lowest BCUT2D eigenvalue weighted by Crippen LogP contribution is -2.53. The van der Waals surface area contributed by atoms with Crippen LogP contribution in [0.2, 0.25) is 0 Å². The Morgan fingerprint density at radius 3 is 2.65 bits per heavy atom. The summed E-state index contributed by atoms with van der Waals surface area (Å²) in [6.45, 7) is 12.4. The first kappa shape index (κ1) is 12.8. The number of hydrogen-bond donors (Lipinski definition) is 2. The molecule has 0 aromatic carbocycles. The van der Waals surface area contributed by atoms with Crippen molar-refractivity contribution in [2.45, 2.75) is 51.7 Å². The van der Waals surface area contributed by atoms with Crippen LogP contribution in [0.4, 0.5) is 0 Å². The minimum Gasteiger partial charge on any atom is -0.390 e. The largest absolute Gasteiger partial charge is 0.390 e. The van der Waals surface area contributed by atoms with E-state index in [0.717, 1.165) is 24.8 Å². The summed E-state index contributed by atoms with van der Waals surface area (Å²) in [4.78, 5) is 0. The maximum absolute atomic E-state index is 10.3. The maximum atomic E-state index is 10.3. The summed E-state index contributed by atoms with van der Waals surface area (Å²) in [6.07, 6.45) is 2.36. The fraction of sp³-hybridized carbons (Fsp3) is 0.733. The molecule has 0 amide bonds. The van der Waals surface area contributed by atoms with E-state index in [1.54, 1.807) is 0 Å². The van der Waals surface area contributed by atoms with Crippen molar-refractivity contribution in [1.82, 2.24) is 0 Å². The molecule has 0 bridgehead atoms. The fourth-order valence-electron chi connectivity index (χ4n) is 3.73. The highest BCUT2D eigenvalue weighted by molar-refractivity contribution is 5.19. The Kier molecular flexibility index (Phi) is 3.21. The Morgan fingerprint density at radius 2 is 2.06 bits per heavy atom. The SMILES string of the molecule is C=C(C)C1CCC2(C)C(C1)C(=C)CC(O)C2O. The molecule has 2 nitrogen and oxygen atoms in total. The number of fused-ring (bicyclic) bond motifs is 1. The number of allylic oxidation sites excluding steroid dienone is 1. The Labute approximate surface area is 104 Å². The van der Waals surface area contributed by atoms with E-state index >= 15 is 0 Å². The van der Waals surface area contributed by atoms with Gasteiger partial charge in [0.1, 0.15) is 0 Å². The summed E-state index contributed by atoms with van der Waals surface area (Å²) in [7, 11) is 0. The lowest BCUT2D eigenvalue weighted by Gasteiger charge is -2.53. The minimum atomic E-state index is -0.634. The van der Waals surface area contributed by atoms with E-state index in [4.69, 9.17) is 0 Å². The average Bonchev–Trinajstić information content (AvgIpc) is 2.26. The first-order valence-electron chi connectivity index (χ1n) is 6.55. The van der Waals surface area contributed by atoms with Crippen LogP contribution in [0.15, 0.2) is 24.3 Å². The van der Waals surface area contributed by atoms with Crippen molar-refractivity contribution in [1.29, 1.82) is 0 Å². The van der Waals surface area contributed by atoms with Gasteiger partial charge in [0.05, 0.1) is 12.2 Å². The quantitative estimate of drug-likeness (QED) is 0.687. The van der Waals surface area contributed by atoms with Crippen LogP contribution in [0.1, 0.15) is 39.5 Å². The molecule has 2 N–H and O–H groups in total. The molecule has 2 rings (SSSR count). The fourth-order valence-corrected chi connectivity index (χ4v) is 3.73. The second-order valence-corrected chi connectivity index (χ2v) is 6.25. The third kappa shape index (κ3) is 1.98. The molecule has 2 aliphatic carbocycles. The van der Waals surface area contributed by atoms with Crippen LogP contribution in [0.3, 0.4) is 0 Å². The van der Waals surface area contributed by atoms with Gasteiger partial charge in [-0.25, -0.2) is 0 Å². The van der Waals surface area contributed by atoms with E-state index in [1.807, 2.05) is 0 Å². The van der Waals surface area contributed by atoms with Crippen LogP contribution >= 0.6 is 0 Å². The molecule has 17 heavy (non-hydrogen) atoms. The zero-order chi connectivity index (χ0) is 12.8. The molecular weight excluding hydrogens is 212 g/mol. The topological polar surface area (TPSA) is 40.5 Å². The summed E-state index contributed by atoms with van der Waals surface area (Å²) < 4.78 is 0. The molecule has 2 saturated carbocycles. The first-order valence-corrected chi connectivity index (χ1v) is 6.55. The van der Waals surface area contributed by atoms with E-state index in [-0.39, 0.29) is 5.41 Å². The van der Waals surface area contributed by atoms with Crippen LogP contribution in [-0.4, -0.2) is 22.4 Å². The maximum Gasteiger partial charge on any atom is 0.0861 e. The Morgan fingerprint density at radius 1 is 1.41 bits per heavy atom. The molecule has 0 aromatic heterocycles. The lowest BCUT2D eigenvalue weighted by atomic mass is 9.54. The molecule has 0 aliphatic heterocycles. The number of rotatable bonds is 1. The molecule has 2 aliphatic rings. The van der Waals surface area contributed by atoms with Crippen LogP contribution < -0.4 is 0 Å². The van der Waals surface area contributed by atoms with Gasteiger partial charge < -0.3 is 10.2 Å². The van der Waals surface area contributed by atoms with Gasteiger partial charge in [0.2, 0.25) is 0 Å². The molecule has 0 radical (unpaired) electrons. The zero-order valence-corrected chi connectivity index (χ0v) is 10.9. The standard InChI is InChI=1S/C15H24O2/c1-9(2)11-5-6-15(4)12(8-11)10(3)7-13(16)14(15)17/h11-14,16-17H,1,3,5-8H2,2,4H3. The van der Waals surface area contributed by atoms with Crippen LogP contribution in [-0.2, 0) is 0 Å². The third-order valence-electron chi connectivity index (χ3n) is 5.05. The smallest absolute Gasteiger partial charge is 0.0861 e. The predicted molar refractivity (Wildman–Crippen MR) is 69.5 cm³/mol. The van der Waals surface area contributed by atoms with Gasteiger partial charge in [-0.15, -0.1) is 0 Å².